The molecule has 2 rings (SSSR count). The largest absolute Gasteiger partial charge is 0.491 e. The van der Waals surface area contributed by atoms with Crippen molar-refractivity contribution >= 4 is 11.6 Å². The maximum Gasteiger partial charge on any atom is 0.120 e. The van der Waals surface area contributed by atoms with Crippen molar-refractivity contribution < 1.29 is 4.74 Å². The minimum atomic E-state index is -0.245. The lowest BCUT2D eigenvalue weighted by Crippen LogP contribution is -2.30. The summed E-state index contributed by atoms with van der Waals surface area (Å²) in [6.07, 6.45) is 1.73. The van der Waals surface area contributed by atoms with Crippen molar-refractivity contribution in [1.82, 2.24) is 15.2 Å². The molecule has 0 saturated carbocycles. The van der Waals surface area contributed by atoms with Crippen molar-refractivity contribution in [3.8, 4) is 5.75 Å². The molecule has 3 N–H and O–H groups in total. The Hall–Kier alpha value is -1.56. The second-order valence-electron chi connectivity index (χ2n) is 4.84. The predicted octanol–water partition coefficient (Wildman–Crippen LogP) is 2.41. The summed E-state index contributed by atoms with van der Waals surface area (Å²) in [5.41, 5.74) is 4.57. The van der Waals surface area contributed by atoms with E-state index in [4.69, 9.17) is 22.2 Å². The molecule has 0 amide bonds. The number of aromatic nitrogens is 2. The third-order valence-corrected chi connectivity index (χ3v) is 3.23. The number of nitrogens with zero attached hydrogens (tertiary/aromatic N) is 2. The third kappa shape index (κ3) is 3.12. The summed E-state index contributed by atoms with van der Waals surface area (Å²) in [6, 6.07) is 7.53. The zero-order valence-electron chi connectivity index (χ0n) is 11.8. The number of aryl methyl sites for hydroxylation is 1. The van der Waals surface area contributed by atoms with Gasteiger partial charge in [0.25, 0.3) is 0 Å². The van der Waals surface area contributed by atoms with E-state index in [1.807, 2.05) is 45.2 Å². The monoisotopic (exact) mass is 294 g/mol. The highest BCUT2D eigenvalue weighted by molar-refractivity contribution is 6.31. The molecule has 2 aromatic rings. The number of nitrogens with one attached hydrogen (secondary N) is 1. The summed E-state index contributed by atoms with van der Waals surface area (Å²) < 4.78 is 7.41. The Balaban J connectivity index is 2.37. The summed E-state index contributed by atoms with van der Waals surface area (Å²) in [5, 5.41) is 4.71. The van der Waals surface area contributed by atoms with Crippen molar-refractivity contribution in [1.29, 1.82) is 0 Å². The molecule has 0 aliphatic carbocycles. The van der Waals surface area contributed by atoms with Crippen LogP contribution in [-0.4, -0.2) is 15.9 Å². The number of hydrogen-bond acceptors (Lipinski definition) is 4. The van der Waals surface area contributed by atoms with E-state index in [9.17, 15) is 0 Å². The number of benzene rings is 1. The van der Waals surface area contributed by atoms with Gasteiger partial charge in [0.1, 0.15) is 5.75 Å². The molecule has 6 heteroatoms. The Morgan fingerprint density at radius 2 is 2.15 bits per heavy atom. The van der Waals surface area contributed by atoms with Gasteiger partial charge in [-0.3, -0.25) is 10.5 Å². The zero-order chi connectivity index (χ0) is 14.7. The van der Waals surface area contributed by atoms with Crippen LogP contribution in [0.1, 0.15) is 31.1 Å². The molecule has 1 heterocycles. The van der Waals surface area contributed by atoms with E-state index in [2.05, 4.69) is 10.5 Å². The lowest BCUT2D eigenvalue weighted by Gasteiger charge is -2.19. The molecule has 0 fully saturated rings. The van der Waals surface area contributed by atoms with Crippen LogP contribution in [0.15, 0.2) is 30.5 Å². The molecule has 108 valence electrons. The molecule has 0 radical (unpaired) electrons. The molecule has 1 aromatic heterocycles. The van der Waals surface area contributed by atoms with E-state index in [1.54, 1.807) is 10.9 Å². The topological polar surface area (TPSA) is 65.1 Å². The van der Waals surface area contributed by atoms with E-state index in [0.29, 0.717) is 5.02 Å². The summed E-state index contributed by atoms with van der Waals surface area (Å²) in [4.78, 5) is 0. The van der Waals surface area contributed by atoms with Gasteiger partial charge >= 0.3 is 0 Å². The maximum atomic E-state index is 6.18. The number of ether oxygens (including phenoxy) is 1. The second-order valence-corrected chi connectivity index (χ2v) is 5.25. The Morgan fingerprint density at radius 1 is 1.40 bits per heavy atom. The fourth-order valence-corrected chi connectivity index (χ4v) is 2.39. The van der Waals surface area contributed by atoms with Crippen LogP contribution in [0.25, 0.3) is 0 Å². The first kappa shape index (κ1) is 14.8. The Morgan fingerprint density at radius 3 is 2.70 bits per heavy atom. The maximum absolute atomic E-state index is 6.18. The fraction of sp³-hybridized carbons (Fsp3) is 0.357. The second kappa shape index (κ2) is 6.26. The summed E-state index contributed by atoms with van der Waals surface area (Å²) in [5.74, 6) is 6.50. The molecular weight excluding hydrogens is 276 g/mol. The van der Waals surface area contributed by atoms with Crippen molar-refractivity contribution in [3.05, 3.63) is 46.7 Å². The van der Waals surface area contributed by atoms with Gasteiger partial charge in [-0.15, -0.1) is 0 Å². The number of nitrogens with two attached hydrogens (primary N) is 1. The number of hydrogen-bond donors (Lipinski definition) is 2. The number of rotatable bonds is 5. The van der Waals surface area contributed by atoms with Gasteiger partial charge in [0.05, 0.1) is 29.1 Å². The first-order valence-corrected chi connectivity index (χ1v) is 6.81. The minimum Gasteiger partial charge on any atom is -0.491 e. The quantitative estimate of drug-likeness (QED) is 0.656. The Bertz CT molecular complexity index is 563. The zero-order valence-corrected chi connectivity index (χ0v) is 12.6. The third-order valence-electron chi connectivity index (χ3n) is 2.94. The Kier molecular flexibility index (Phi) is 4.65. The van der Waals surface area contributed by atoms with Crippen LogP contribution in [0.4, 0.5) is 0 Å². The van der Waals surface area contributed by atoms with Crippen LogP contribution < -0.4 is 16.0 Å². The first-order chi connectivity index (χ1) is 9.52. The van der Waals surface area contributed by atoms with Gasteiger partial charge in [-0.1, -0.05) is 23.7 Å². The van der Waals surface area contributed by atoms with Crippen molar-refractivity contribution in [2.45, 2.75) is 26.0 Å². The molecule has 5 nitrogen and oxygen atoms in total. The minimum absolute atomic E-state index is 0.120. The molecule has 0 bridgehead atoms. The van der Waals surface area contributed by atoms with E-state index >= 15 is 0 Å². The molecule has 1 unspecified atom stereocenters. The normalized spacial score (nSPS) is 12.7. The molecule has 0 saturated heterocycles. The molecule has 0 aliphatic heterocycles. The molecule has 0 spiro atoms. The van der Waals surface area contributed by atoms with Crippen LogP contribution in [0.3, 0.4) is 0 Å². The number of halogens is 1. The van der Waals surface area contributed by atoms with Crippen LogP contribution >= 0.6 is 11.6 Å². The van der Waals surface area contributed by atoms with Gasteiger partial charge in [-0.25, -0.2) is 5.43 Å². The van der Waals surface area contributed by atoms with Crippen molar-refractivity contribution in [2.24, 2.45) is 12.9 Å². The average Bonchev–Trinajstić information content (AvgIpc) is 2.71. The van der Waals surface area contributed by atoms with Gasteiger partial charge < -0.3 is 4.74 Å². The average molecular weight is 295 g/mol. The molecule has 0 aliphatic rings. The van der Waals surface area contributed by atoms with Gasteiger partial charge in [0.2, 0.25) is 0 Å². The molecule has 1 aromatic carbocycles. The van der Waals surface area contributed by atoms with E-state index in [1.165, 1.54) is 0 Å². The molecular formula is C14H19ClN4O. The highest BCUT2D eigenvalue weighted by Gasteiger charge is 2.20. The van der Waals surface area contributed by atoms with E-state index in [0.717, 1.165) is 17.0 Å². The molecule has 1 atom stereocenters. The predicted molar refractivity (Wildman–Crippen MR) is 79.6 cm³/mol. The SMILES string of the molecule is CC(C)Oc1cccc(C(NN)c2c(Cl)cnn2C)c1. The van der Waals surface area contributed by atoms with Crippen molar-refractivity contribution in [3.63, 3.8) is 0 Å². The van der Waals surface area contributed by atoms with Gasteiger partial charge in [-0.2, -0.15) is 5.10 Å². The standard InChI is InChI=1S/C14H19ClN4O/c1-9(2)20-11-6-4-5-10(7-11)13(18-16)14-12(15)8-17-19(14)3/h4-9,13,18H,16H2,1-3H3. The fourth-order valence-electron chi connectivity index (χ4n) is 2.12. The summed E-state index contributed by atoms with van der Waals surface area (Å²) >= 11 is 6.18. The molecule has 20 heavy (non-hydrogen) atoms. The van der Waals surface area contributed by atoms with Crippen LogP contribution in [-0.2, 0) is 7.05 Å². The van der Waals surface area contributed by atoms with Crippen LogP contribution in [0.5, 0.6) is 5.75 Å². The van der Waals surface area contributed by atoms with Crippen molar-refractivity contribution in [2.75, 3.05) is 0 Å². The van der Waals surface area contributed by atoms with Crippen LogP contribution in [0.2, 0.25) is 5.02 Å². The Labute approximate surface area is 123 Å². The highest BCUT2D eigenvalue weighted by atomic mass is 35.5. The summed E-state index contributed by atoms with van der Waals surface area (Å²) in [6.45, 7) is 3.98. The van der Waals surface area contributed by atoms with Gasteiger partial charge in [0.15, 0.2) is 0 Å². The van der Waals surface area contributed by atoms with Gasteiger partial charge in [-0.05, 0) is 31.5 Å². The smallest absolute Gasteiger partial charge is 0.120 e. The highest BCUT2D eigenvalue weighted by Crippen LogP contribution is 2.29. The lowest BCUT2D eigenvalue weighted by atomic mass is 10.0. The van der Waals surface area contributed by atoms with Crippen LogP contribution in [0, 0.1) is 0 Å². The summed E-state index contributed by atoms with van der Waals surface area (Å²) in [7, 11) is 1.83. The number of hydrazine groups is 1. The first-order valence-electron chi connectivity index (χ1n) is 6.43. The van der Waals surface area contributed by atoms with E-state index < -0.39 is 0 Å². The van der Waals surface area contributed by atoms with Gasteiger partial charge in [0, 0.05) is 7.05 Å². The van der Waals surface area contributed by atoms with E-state index in [-0.39, 0.29) is 12.1 Å². The lowest BCUT2D eigenvalue weighted by molar-refractivity contribution is 0.242.